The first-order valence-electron chi connectivity index (χ1n) is 9.69. The van der Waals surface area contributed by atoms with Gasteiger partial charge in [0.15, 0.2) is 5.69 Å². The van der Waals surface area contributed by atoms with Gasteiger partial charge in [0.2, 0.25) is 0 Å². The van der Waals surface area contributed by atoms with E-state index in [1.54, 1.807) is 19.4 Å². The van der Waals surface area contributed by atoms with Crippen molar-refractivity contribution in [2.24, 2.45) is 17.8 Å². The number of carbonyl (C=O) groups excluding carboxylic acids is 2. The zero-order valence-electron chi connectivity index (χ0n) is 16.5. The molecule has 1 aromatic heterocycles. The Bertz CT molecular complexity index is 640. The first-order chi connectivity index (χ1) is 12.6. The maximum atomic E-state index is 12.0. The normalized spacial score (nSPS) is 26.2. The van der Waals surface area contributed by atoms with E-state index in [2.05, 4.69) is 10.3 Å². The minimum Gasteiger partial charge on any atom is -0.465 e. The fraction of sp³-hybridized carbons (Fsp3) is 0.737. The van der Waals surface area contributed by atoms with Crippen molar-refractivity contribution < 1.29 is 19.1 Å². The Hall–Kier alpha value is -1.31. The van der Waals surface area contributed by atoms with Gasteiger partial charge in [-0.25, -0.2) is 9.78 Å². The van der Waals surface area contributed by atoms with Crippen molar-refractivity contribution in [1.82, 2.24) is 14.9 Å². The number of esters is 2. The number of ether oxygens (including phenoxy) is 2. The Morgan fingerprint density at radius 3 is 2.61 bits per heavy atom. The Labute approximate surface area is 178 Å². The first kappa shape index (κ1) is 24.7. The third kappa shape index (κ3) is 6.09. The molecular weight excluding hydrogens is 405 g/mol. The van der Waals surface area contributed by atoms with Gasteiger partial charge in [0, 0.05) is 12.7 Å². The summed E-state index contributed by atoms with van der Waals surface area (Å²) < 4.78 is 12.1. The molecule has 2 fully saturated rings. The molecule has 0 bridgehead atoms. The Kier molecular flexibility index (Phi) is 10.3. The average Bonchev–Trinajstić information content (AvgIpc) is 3.10. The van der Waals surface area contributed by atoms with Crippen LogP contribution in [-0.2, 0) is 20.8 Å². The summed E-state index contributed by atoms with van der Waals surface area (Å²) in [5.74, 6) is 1.25. The smallest absolute Gasteiger partial charge is 0.358 e. The van der Waals surface area contributed by atoms with Crippen LogP contribution in [0.15, 0.2) is 12.5 Å². The third-order valence-corrected chi connectivity index (χ3v) is 5.57. The van der Waals surface area contributed by atoms with Crippen LogP contribution >= 0.6 is 24.8 Å². The Morgan fingerprint density at radius 1 is 1.14 bits per heavy atom. The molecule has 3 rings (SSSR count). The third-order valence-electron chi connectivity index (χ3n) is 5.57. The second-order valence-corrected chi connectivity index (χ2v) is 7.32. The van der Waals surface area contributed by atoms with E-state index in [9.17, 15) is 9.59 Å². The minimum atomic E-state index is -0.370. The van der Waals surface area contributed by atoms with Gasteiger partial charge in [-0.2, -0.15) is 0 Å². The van der Waals surface area contributed by atoms with Crippen molar-refractivity contribution in [3.63, 3.8) is 0 Å². The maximum absolute atomic E-state index is 12.0. The fourth-order valence-corrected chi connectivity index (χ4v) is 4.32. The summed E-state index contributed by atoms with van der Waals surface area (Å²) >= 11 is 0. The molecular formula is C19H31Cl2N3O4. The molecule has 0 unspecified atom stereocenters. The number of hydrogen-bond donors (Lipinski definition) is 1. The number of nitrogens with zero attached hydrogens (tertiary/aromatic N) is 2. The maximum Gasteiger partial charge on any atom is 0.358 e. The lowest BCUT2D eigenvalue weighted by molar-refractivity contribution is -0.147. The van der Waals surface area contributed by atoms with Crippen LogP contribution in [-0.4, -0.2) is 47.3 Å². The molecule has 2 heterocycles. The predicted molar refractivity (Wildman–Crippen MR) is 110 cm³/mol. The second kappa shape index (κ2) is 11.6. The zero-order valence-corrected chi connectivity index (χ0v) is 18.1. The highest BCUT2D eigenvalue weighted by molar-refractivity contribution is 5.86. The van der Waals surface area contributed by atoms with Crippen molar-refractivity contribution in [3.8, 4) is 0 Å². The van der Waals surface area contributed by atoms with Crippen LogP contribution in [0.1, 0.15) is 50.0 Å². The number of rotatable bonds is 6. The Balaban J connectivity index is 0.00000196. The summed E-state index contributed by atoms with van der Waals surface area (Å²) in [4.78, 5) is 27.9. The lowest BCUT2D eigenvalue weighted by Gasteiger charge is -2.42. The number of halogens is 2. The fourth-order valence-electron chi connectivity index (χ4n) is 4.32. The molecule has 7 nitrogen and oxygen atoms in total. The molecule has 4 atom stereocenters. The van der Waals surface area contributed by atoms with Crippen LogP contribution in [0.2, 0.25) is 0 Å². The van der Waals surface area contributed by atoms with Gasteiger partial charge in [-0.3, -0.25) is 4.79 Å². The molecule has 9 heteroatoms. The van der Waals surface area contributed by atoms with Gasteiger partial charge in [0.25, 0.3) is 0 Å². The largest absolute Gasteiger partial charge is 0.465 e. The van der Waals surface area contributed by atoms with E-state index < -0.39 is 0 Å². The van der Waals surface area contributed by atoms with Crippen molar-refractivity contribution in [2.75, 3.05) is 19.8 Å². The molecule has 1 saturated carbocycles. The van der Waals surface area contributed by atoms with Crippen LogP contribution in [0.5, 0.6) is 0 Å². The standard InChI is InChI=1S/C19H29N3O4.2ClH/c1-3-25-18(23)16-8-15-7-13(5-6-14(15)9-20-16)10-22-11-17(21-12-22)19(24)26-4-2;;/h11-16,20H,3-10H2,1-2H3;2*1H/t13-,14-,15+,16-;;/m0../s1. The van der Waals surface area contributed by atoms with Crippen molar-refractivity contribution in [2.45, 2.75) is 52.1 Å². The molecule has 1 N–H and O–H groups in total. The zero-order chi connectivity index (χ0) is 18.5. The van der Waals surface area contributed by atoms with Gasteiger partial charge < -0.3 is 19.4 Å². The lowest BCUT2D eigenvalue weighted by atomic mass is 9.69. The van der Waals surface area contributed by atoms with E-state index in [0.29, 0.717) is 36.7 Å². The van der Waals surface area contributed by atoms with Gasteiger partial charge in [-0.15, -0.1) is 24.8 Å². The number of aromatic nitrogens is 2. The summed E-state index contributed by atoms with van der Waals surface area (Å²) in [6, 6.07) is -0.168. The molecule has 1 aliphatic heterocycles. The topological polar surface area (TPSA) is 82.5 Å². The molecule has 1 saturated heterocycles. The van der Waals surface area contributed by atoms with E-state index in [4.69, 9.17) is 9.47 Å². The molecule has 160 valence electrons. The first-order valence-corrected chi connectivity index (χ1v) is 9.69. The number of piperidine rings is 1. The molecule has 0 aromatic carbocycles. The van der Waals surface area contributed by atoms with E-state index in [0.717, 1.165) is 25.9 Å². The number of hydrogen-bond acceptors (Lipinski definition) is 6. The lowest BCUT2D eigenvalue weighted by Crippen LogP contribution is -2.50. The highest BCUT2D eigenvalue weighted by atomic mass is 35.5. The molecule has 0 radical (unpaired) electrons. The van der Waals surface area contributed by atoms with Crippen LogP contribution in [0.25, 0.3) is 0 Å². The molecule has 1 aliphatic carbocycles. The summed E-state index contributed by atoms with van der Waals surface area (Å²) in [6.07, 6.45) is 7.79. The number of imidazole rings is 1. The van der Waals surface area contributed by atoms with Crippen LogP contribution in [0.4, 0.5) is 0 Å². The SMILES string of the molecule is CCOC(=O)c1cn(C[C@H]2CC[C@H]3CN[C@H](C(=O)OCC)C[C@H]3C2)cn1.Cl.Cl. The van der Waals surface area contributed by atoms with Crippen molar-refractivity contribution in [3.05, 3.63) is 18.2 Å². The van der Waals surface area contributed by atoms with Gasteiger partial charge in [-0.1, -0.05) is 0 Å². The molecule has 0 amide bonds. The molecule has 28 heavy (non-hydrogen) atoms. The summed E-state index contributed by atoms with van der Waals surface area (Å²) in [5, 5.41) is 3.35. The number of carbonyl (C=O) groups is 2. The molecule has 0 spiro atoms. The number of nitrogens with one attached hydrogen (secondary N) is 1. The Morgan fingerprint density at radius 2 is 1.89 bits per heavy atom. The van der Waals surface area contributed by atoms with Crippen LogP contribution in [0.3, 0.4) is 0 Å². The van der Waals surface area contributed by atoms with Crippen LogP contribution in [0, 0.1) is 17.8 Å². The monoisotopic (exact) mass is 435 g/mol. The van der Waals surface area contributed by atoms with Gasteiger partial charge in [-0.05, 0) is 63.8 Å². The number of fused-ring (bicyclic) bond motifs is 1. The summed E-state index contributed by atoms with van der Waals surface area (Å²) in [7, 11) is 0. The average molecular weight is 436 g/mol. The van der Waals surface area contributed by atoms with E-state index in [1.165, 1.54) is 12.8 Å². The van der Waals surface area contributed by atoms with E-state index in [1.807, 2.05) is 11.5 Å². The quantitative estimate of drug-likeness (QED) is 0.691. The second-order valence-electron chi connectivity index (χ2n) is 7.32. The van der Waals surface area contributed by atoms with E-state index in [-0.39, 0.29) is 42.8 Å². The highest BCUT2D eigenvalue weighted by Gasteiger charge is 2.38. The minimum absolute atomic E-state index is 0. The van der Waals surface area contributed by atoms with E-state index >= 15 is 0 Å². The summed E-state index contributed by atoms with van der Waals surface area (Å²) in [6.45, 7) is 6.17. The van der Waals surface area contributed by atoms with Gasteiger partial charge in [0.05, 0.1) is 19.5 Å². The van der Waals surface area contributed by atoms with Crippen molar-refractivity contribution in [1.29, 1.82) is 0 Å². The van der Waals surface area contributed by atoms with Gasteiger partial charge in [0.1, 0.15) is 6.04 Å². The highest BCUT2D eigenvalue weighted by Crippen LogP contribution is 2.39. The van der Waals surface area contributed by atoms with Crippen molar-refractivity contribution >= 4 is 36.8 Å². The summed E-state index contributed by atoms with van der Waals surface area (Å²) in [5.41, 5.74) is 0.366. The van der Waals surface area contributed by atoms with Crippen LogP contribution < -0.4 is 5.32 Å². The molecule has 2 aliphatic rings. The molecule has 1 aromatic rings. The van der Waals surface area contributed by atoms with Gasteiger partial charge >= 0.3 is 11.9 Å². The predicted octanol–water partition coefficient (Wildman–Crippen LogP) is 2.86.